The summed E-state index contributed by atoms with van der Waals surface area (Å²) in [5.41, 5.74) is 3.21. The van der Waals surface area contributed by atoms with Gasteiger partial charge >= 0.3 is 0 Å². The maximum Gasteiger partial charge on any atom is 0.168 e. The van der Waals surface area contributed by atoms with Crippen LogP contribution in [0.25, 0.3) is 0 Å². The molecule has 0 spiro atoms. The summed E-state index contributed by atoms with van der Waals surface area (Å²) in [6, 6.07) is 9.29. The first-order valence-corrected chi connectivity index (χ1v) is 8.72. The Morgan fingerprint density at radius 1 is 1.23 bits per heavy atom. The molecule has 0 aliphatic carbocycles. The monoisotopic (exact) mass is 332 g/mol. The van der Waals surface area contributed by atoms with E-state index in [0.717, 1.165) is 35.3 Å². The molecule has 3 heteroatoms. The topological polar surface area (TPSA) is 17.1 Å². The minimum absolute atomic E-state index is 0.142. The van der Waals surface area contributed by atoms with Crippen molar-refractivity contribution in [3.8, 4) is 0 Å². The molecular formula is C19H21ClOS. The van der Waals surface area contributed by atoms with Gasteiger partial charge in [0.15, 0.2) is 5.78 Å². The van der Waals surface area contributed by atoms with Crippen LogP contribution in [0.2, 0.25) is 5.02 Å². The van der Waals surface area contributed by atoms with E-state index in [0.29, 0.717) is 11.4 Å². The zero-order chi connectivity index (χ0) is 16.1. The number of allylic oxidation sites excluding steroid dienone is 1. The van der Waals surface area contributed by atoms with Gasteiger partial charge in [0.2, 0.25) is 0 Å². The Labute approximate surface area is 141 Å². The van der Waals surface area contributed by atoms with E-state index < -0.39 is 0 Å². The fourth-order valence-electron chi connectivity index (χ4n) is 2.42. The molecule has 2 rings (SSSR count). The molecule has 0 amide bonds. The van der Waals surface area contributed by atoms with Crippen LogP contribution in [-0.4, -0.2) is 5.78 Å². The summed E-state index contributed by atoms with van der Waals surface area (Å²) in [6.07, 6.45) is 3.55. The highest BCUT2D eigenvalue weighted by atomic mass is 35.5. The van der Waals surface area contributed by atoms with Gasteiger partial charge < -0.3 is 0 Å². The molecule has 0 N–H and O–H groups in total. The lowest BCUT2D eigenvalue weighted by Crippen LogP contribution is -2.01. The van der Waals surface area contributed by atoms with Crippen LogP contribution in [-0.2, 0) is 19.3 Å². The number of carbonyl (C=O) groups is 1. The maximum absolute atomic E-state index is 12.4. The molecule has 1 nitrogen and oxygen atoms in total. The first-order valence-electron chi connectivity index (χ1n) is 7.53. The number of carbonyl (C=O) groups excluding carboxylic acids is 1. The summed E-state index contributed by atoms with van der Waals surface area (Å²) in [5.74, 6) is 0.142. The summed E-state index contributed by atoms with van der Waals surface area (Å²) in [5, 5.41) is 0.654. The third-order valence-corrected chi connectivity index (χ3v) is 4.91. The average Bonchev–Trinajstić information content (AvgIpc) is 2.80. The van der Waals surface area contributed by atoms with Gasteiger partial charge in [0.25, 0.3) is 0 Å². The first-order chi connectivity index (χ1) is 10.5. The molecule has 0 saturated carbocycles. The number of benzene rings is 1. The SMILES string of the molecule is C=C(C)Cc1cc(CC(=O)c2ccc(Cl)cc2)sc1CCC. The summed E-state index contributed by atoms with van der Waals surface area (Å²) >= 11 is 7.63. The zero-order valence-electron chi connectivity index (χ0n) is 13.1. The fraction of sp³-hybridized carbons (Fsp3) is 0.316. The van der Waals surface area contributed by atoms with Crippen molar-refractivity contribution in [3.63, 3.8) is 0 Å². The summed E-state index contributed by atoms with van der Waals surface area (Å²) in [7, 11) is 0. The summed E-state index contributed by atoms with van der Waals surface area (Å²) in [6.45, 7) is 8.23. The second kappa shape index (κ2) is 7.75. The molecule has 0 bridgehead atoms. The van der Waals surface area contributed by atoms with E-state index in [2.05, 4.69) is 19.6 Å². The van der Waals surface area contributed by atoms with Gasteiger partial charge in [-0.15, -0.1) is 11.3 Å². The molecule has 1 heterocycles. The highest BCUT2D eigenvalue weighted by Gasteiger charge is 2.13. The van der Waals surface area contributed by atoms with Crippen molar-refractivity contribution in [2.24, 2.45) is 0 Å². The lowest BCUT2D eigenvalue weighted by molar-refractivity contribution is 0.0994. The predicted octanol–water partition coefficient (Wildman–Crippen LogP) is 5.90. The Balaban J connectivity index is 2.16. The number of halogens is 1. The van der Waals surface area contributed by atoms with Crippen molar-refractivity contribution >= 4 is 28.7 Å². The Bertz CT molecular complexity index is 667. The molecule has 22 heavy (non-hydrogen) atoms. The lowest BCUT2D eigenvalue weighted by atomic mass is 10.0. The van der Waals surface area contributed by atoms with Crippen LogP contribution < -0.4 is 0 Å². The van der Waals surface area contributed by atoms with E-state index in [9.17, 15) is 4.79 Å². The van der Waals surface area contributed by atoms with Gasteiger partial charge in [-0.05, 0) is 55.7 Å². The molecule has 0 saturated heterocycles. The van der Waals surface area contributed by atoms with Crippen LogP contribution in [0.5, 0.6) is 0 Å². The summed E-state index contributed by atoms with van der Waals surface area (Å²) < 4.78 is 0. The molecule has 0 aliphatic rings. The zero-order valence-corrected chi connectivity index (χ0v) is 14.7. The minimum atomic E-state index is 0.142. The first kappa shape index (κ1) is 17.0. The number of hydrogen-bond acceptors (Lipinski definition) is 2. The van der Waals surface area contributed by atoms with Crippen molar-refractivity contribution in [1.82, 2.24) is 0 Å². The molecule has 0 atom stereocenters. The smallest absolute Gasteiger partial charge is 0.168 e. The Morgan fingerprint density at radius 3 is 2.50 bits per heavy atom. The molecule has 116 valence electrons. The molecular weight excluding hydrogens is 312 g/mol. The van der Waals surface area contributed by atoms with E-state index in [1.807, 2.05) is 6.92 Å². The number of hydrogen-bond donors (Lipinski definition) is 0. The van der Waals surface area contributed by atoms with E-state index in [-0.39, 0.29) is 5.78 Å². The van der Waals surface area contributed by atoms with Gasteiger partial charge in [-0.25, -0.2) is 0 Å². The van der Waals surface area contributed by atoms with Gasteiger partial charge in [-0.1, -0.05) is 37.1 Å². The maximum atomic E-state index is 12.4. The third kappa shape index (κ3) is 4.56. The van der Waals surface area contributed by atoms with E-state index >= 15 is 0 Å². The quantitative estimate of drug-likeness (QED) is 0.456. The number of rotatable bonds is 7. The van der Waals surface area contributed by atoms with Crippen LogP contribution in [0.1, 0.15) is 45.9 Å². The lowest BCUT2D eigenvalue weighted by Gasteiger charge is -2.00. The normalized spacial score (nSPS) is 10.7. The van der Waals surface area contributed by atoms with Crippen molar-refractivity contribution in [3.05, 3.63) is 68.4 Å². The van der Waals surface area contributed by atoms with Gasteiger partial charge in [0.1, 0.15) is 0 Å². The van der Waals surface area contributed by atoms with Crippen LogP contribution in [0.3, 0.4) is 0 Å². The number of aryl methyl sites for hydroxylation is 1. The van der Waals surface area contributed by atoms with E-state index in [1.165, 1.54) is 10.4 Å². The highest BCUT2D eigenvalue weighted by molar-refractivity contribution is 7.12. The standard InChI is InChI=1S/C19H21ClOS/c1-4-5-19-15(10-13(2)3)11-17(22-19)12-18(21)14-6-8-16(20)9-7-14/h6-9,11H,2,4-5,10,12H2,1,3H3. The van der Waals surface area contributed by atoms with Crippen LogP contribution in [0.4, 0.5) is 0 Å². The fourth-order valence-corrected chi connectivity index (χ4v) is 3.84. The average molecular weight is 333 g/mol. The summed E-state index contributed by atoms with van der Waals surface area (Å²) in [4.78, 5) is 14.9. The Morgan fingerprint density at radius 2 is 1.91 bits per heavy atom. The molecule has 0 aliphatic heterocycles. The molecule has 0 fully saturated rings. The molecule has 1 aromatic heterocycles. The van der Waals surface area contributed by atoms with Gasteiger partial charge in [0, 0.05) is 26.8 Å². The largest absolute Gasteiger partial charge is 0.294 e. The van der Waals surface area contributed by atoms with Crippen LogP contribution >= 0.6 is 22.9 Å². The number of thiophene rings is 1. The Kier molecular flexibility index (Phi) is 5.98. The van der Waals surface area contributed by atoms with Crippen molar-refractivity contribution in [1.29, 1.82) is 0 Å². The van der Waals surface area contributed by atoms with Crippen molar-refractivity contribution in [2.45, 2.75) is 39.5 Å². The molecule has 2 aromatic rings. The Hall–Kier alpha value is -1.38. The van der Waals surface area contributed by atoms with E-state index in [1.54, 1.807) is 35.6 Å². The third-order valence-electron chi connectivity index (χ3n) is 3.42. The van der Waals surface area contributed by atoms with Gasteiger partial charge in [-0.3, -0.25) is 4.79 Å². The van der Waals surface area contributed by atoms with Crippen molar-refractivity contribution < 1.29 is 4.79 Å². The van der Waals surface area contributed by atoms with Gasteiger partial charge in [-0.2, -0.15) is 0 Å². The molecule has 0 unspecified atom stereocenters. The van der Waals surface area contributed by atoms with E-state index in [4.69, 9.17) is 11.6 Å². The molecule has 0 radical (unpaired) electrons. The number of ketones is 1. The predicted molar refractivity (Wildman–Crippen MR) is 96.3 cm³/mol. The van der Waals surface area contributed by atoms with Gasteiger partial charge in [0.05, 0.1) is 0 Å². The second-order valence-corrected chi connectivity index (χ2v) is 7.31. The highest BCUT2D eigenvalue weighted by Crippen LogP contribution is 2.27. The molecule has 1 aromatic carbocycles. The minimum Gasteiger partial charge on any atom is -0.294 e. The number of Topliss-reactive ketones (excluding diaryl/α,β-unsaturated/α-hetero) is 1. The van der Waals surface area contributed by atoms with Crippen LogP contribution in [0, 0.1) is 0 Å². The second-order valence-electron chi connectivity index (χ2n) is 5.65. The van der Waals surface area contributed by atoms with Crippen molar-refractivity contribution in [2.75, 3.05) is 0 Å². The van der Waals surface area contributed by atoms with Crippen LogP contribution in [0.15, 0.2) is 42.5 Å².